The first-order valence-electron chi connectivity index (χ1n) is 11.5. The first-order chi connectivity index (χ1) is 17.4. The van der Waals surface area contributed by atoms with Gasteiger partial charge in [0.1, 0.15) is 10.8 Å². The zero-order valence-electron chi connectivity index (χ0n) is 20.3. The number of morpholine rings is 1. The maximum Gasteiger partial charge on any atom is 0.283 e. The minimum absolute atomic E-state index is 0.0513. The predicted molar refractivity (Wildman–Crippen MR) is 139 cm³/mol. The number of amidine groups is 2. The van der Waals surface area contributed by atoms with Crippen LogP contribution in [-0.4, -0.2) is 75.8 Å². The summed E-state index contributed by atoms with van der Waals surface area (Å²) in [5.74, 6) is 0.169. The van der Waals surface area contributed by atoms with Gasteiger partial charge >= 0.3 is 0 Å². The number of rotatable bonds is 5. The largest absolute Gasteiger partial charge is 0.497 e. The molecule has 2 aromatic rings. The van der Waals surface area contributed by atoms with E-state index in [1.54, 1.807) is 18.1 Å². The molecule has 4 heterocycles. The lowest BCUT2D eigenvalue weighted by Crippen LogP contribution is -2.41. The van der Waals surface area contributed by atoms with Crippen LogP contribution in [0.4, 0.5) is 0 Å². The van der Waals surface area contributed by atoms with Crippen molar-refractivity contribution in [2.24, 2.45) is 10.1 Å². The molecule has 0 spiro atoms. The summed E-state index contributed by atoms with van der Waals surface area (Å²) >= 11 is 1.16. The van der Waals surface area contributed by atoms with Crippen LogP contribution in [0.1, 0.15) is 23.4 Å². The molecule has 0 atom stereocenters. The lowest BCUT2D eigenvalue weighted by Gasteiger charge is -2.26. The second-order valence-electron chi connectivity index (χ2n) is 8.54. The summed E-state index contributed by atoms with van der Waals surface area (Å²) in [5, 5.41) is 15.2. The minimum atomic E-state index is -0.496. The van der Waals surface area contributed by atoms with Crippen LogP contribution in [0.5, 0.6) is 5.75 Å². The number of hydrogen-bond acceptors (Lipinski definition) is 7. The highest BCUT2D eigenvalue weighted by Gasteiger charge is 2.36. The van der Waals surface area contributed by atoms with Gasteiger partial charge in [0.05, 0.1) is 32.3 Å². The zero-order valence-corrected chi connectivity index (χ0v) is 21.1. The molecule has 10 nitrogen and oxygen atoms in total. The van der Waals surface area contributed by atoms with Crippen LogP contribution in [0.25, 0.3) is 11.8 Å². The van der Waals surface area contributed by atoms with Crippen LogP contribution in [0.3, 0.4) is 0 Å². The number of benzene rings is 1. The molecular formula is C25H26N6O4S. The van der Waals surface area contributed by atoms with E-state index in [1.807, 2.05) is 44.2 Å². The Morgan fingerprint density at radius 2 is 1.94 bits per heavy atom. The van der Waals surface area contributed by atoms with Crippen molar-refractivity contribution < 1.29 is 19.1 Å². The summed E-state index contributed by atoms with van der Waals surface area (Å²) in [6.45, 7) is 6.11. The third-order valence-electron chi connectivity index (χ3n) is 6.26. The number of nitrogens with zero attached hydrogens (tertiary/aromatic N) is 5. The molecule has 0 bridgehead atoms. The minimum Gasteiger partial charge on any atom is -0.497 e. The van der Waals surface area contributed by atoms with Gasteiger partial charge in [-0.05, 0) is 67.6 Å². The van der Waals surface area contributed by atoms with E-state index in [0.717, 1.165) is 40.2 Å². The third kappa shape index (κ3) is 4.47. The first kappa shape index (κ1) is 24.0. The molecule has 5 rings (SSSR count). The number of aliphatic imine (C=N–C) groups is 1. The number of methoxy groups -OCH3 is 1. The van der Waals surface area contributed by atoms with E-state index < -0.39 is 5.91 Å². The van der Waals surface area contributed by atoms with Crippen LogP contribution in [0.15, 0.2) is 46.0 Å². The number of aromatic nitrogens is 1. The number of thioether (sulfide) groups is 1. The fourth-order valence-corrected chi connectivity index (χ4v) is 5.25. The van der Waals surface area contributed by atoms with Crippen molar-refractivity contribution in [3.8, 4) is 11.4 Å². The van der Waals surface area contributed by atoms with Crippen molar-refractivity contribution in [2.45, 2.75) is 20.3 Å². The molecule has 1 saturated heterocycles. The molecule has 3 aliphatic rings. The highest BCUT2D eigenvalue weighted by molar-refractivity contribution is 8.27. The van der Waals surface area contributed by atoms with Crippen LogP contribution < -0.4 is 4.74 Å². The van der Waals surface area contributed by atoms with E-state index in [4.69, 9.17) is 14.9 Å². The van der Waals surface area contributed by atoms with Crippen molar-refractivity contribution in [2.75, 3.05) is 33.4 Å². The van der Waals surface area contributed by atoms with E-state index in [1.165, 1.54) is 5.01 Å². The molecule has 0 unspecified atom stereocenters. The Kier molecular flexibility index (Phi) is 6.50. The number of carbonyl (C=O) groups excluding carboxylic acids is 2. The number of ether oxygens (including phenoxy) is 2. The summed E-state index contributed by atoms with van der Waals surface area (Å²) < 4.78 is 12.6. The van der Waals surface area contributed by atoms with Gasteiger partial charge in [-0.1, -0.05) is 0 Å². The Morgan fingerprint density at radius 1 is 1.22 bits per heavy atom. The molecule has 0 radical (unpaired) electrons. The van der Waals surface area contributed by atoms with Crippen molar-refractivity contribution in [1.82, 2.24) is 14.5 Å². The maximum absolute atomic E-state index is 12.9. The molecule has 0 aliphatic carbocycles. The monoisotopic (exact) mass is 506 g/mol. The number of aryl methyl sites for hydroxylation is 1. The van der Waals surface area contributed by atoms with E-state index in [-0.39, 0.29) is 23.7 Å². The highest BCUT2D eigenvalue weighted by atomic mass is 32.2. The molecule has 1 fully saturated rings. The molecule has 2 amide bonds. The molecule has 186 valence electrons. The average Bonchev–Trinajstić information content (AvgIpc) is 3.41. The fraction of sp³-hybridized carbons (Fsp3) is 0.320. The quantitative estimate of drug-likeness (QED) is 0.624. The summed E-state index contributed by atoms with van der Waals surface area (Å²) in [6, 6.07) is 9.70. The van der Waals surface area contributed by atoms with Gasteiger partial charge in [0.15, 0.2) is 5.84 Å². The molecule has 1 aromatic carbocycles. The van der Waals surface area contributed by atoms with Gasteiger partial charge in [0.2, 0.25) is 11.1 Å². The standard InChI is InChI=1S/C25H26N6O4S/c1-15-12-17(16(2)30(15)18-4-6-19(34-3)7-5-18)13-20-23(26)31-25(27-24(20)33)36-21(28-31)14-22(32)29-8-10-35-11-9-29/h4-7,12-13,26H,8-11,14H2,1-3H3/b20-13+,26-23?. The Labute approximate surface area is 212 Å². The van der Waals surface area contributed by atoms with E-state index >= 15 is 0 Å². The zero-order chi connectivity index (χ0) is 25.4. The second-order valence-corrected chi connectivity index (χ2v) is 9.58. The molecule has 36 heavy (non-hydrogen) atoms. The summed E-state index contributed by atoms with van der Waals surface area (Å²) in [4.78, 5) is 31.4. The Morgan fingerprint density at radius 3 is 2.64 bits per heavy atom. The fourth-order valence-electron chi connectivity index (χ4n) is 4.37. The maximum atomic E-state index is 12.9. The lowest BCUT2D eigenvalue weighted by atomic mass is 10.1. The van der Waals surface area contributed by atoms with Crippen molar-refractivity contribution >= 4 is 45.7 Å². The smallest absolute Gasteiger partial charge is 0.283 e. The first-order valence-corrected chi connectivity index (χ1v) is 12.4. The Hall–Kier alpha value is -3.70. The topological polar surface area (TPSA) is 113 Å². The van der Waals surface area contributed by atoms with Crippen LogP contribution in [0, 0.1) is 19.3 Å². The van der Waals surface area contributed by atoms with Gasteiger partial charge in [-0.3, -0.25) is 15.0 Å². The van der Waals surface area contributed by atoms with Crippen molar-refractivity contribution in [3.05, 3.63) is 52.9 Å². The second kappa shape index (κ2) is 9.75. The third-order valence-corrected chi connectivity index (χ3v) is 7.17. The van der Waals surface area contributed by atoms with Crippen molar-refractivity contribution in [1.29, 1.82) is 5.41 Å². The van der Waals surface area contributed by atoms with E-state index in [2.05, 4.69) is 14.7 Å². The van der Waals surface area contributed by atoms with Gasteiger partial charge in [0, 0.05) is 30.2 Å². The highest BCUT2D eigenvalue weighted by Crippen LogP contribution is 2.31. The number of nitrogens with one attached hydrogen (secondary N) is 1. The molecule has 1 N–H and O–H groups in total. The normalized spacial score (nSPS) is 18.9. The number of carbonyl (C=O) groups is 2. The van der Waals surface area contributed by atoms with E-state index in [0.29, 0.717) is 36.5 Å². The molecule has 1 aromatic heterocycles. The molecular weight excluding hydrogens is 480 g/mol. The molecule has 3 aliphatic heterocycles. The van der Waals surface area contributed by atoms with Crippen LogP contribution >= 0.6 is 11.8 Å². The van der Waals surface area contributed by atoms with Crippen molar-refractivity contribution in [3.63, 3.8) is 0 Å². The number of hydrazone groups is 1. The molecule has 11 heteroatoms. The Bertz CT molecular complexity index is 1340. The van der Waals surface area contributed by atoms with Gasteiger partial charge in [-0.15, -0.1) is 0 Å². The van der Waals surface area contributed by atoms with Gasteiger partial charge in [-0.2, -0.15) is 15.1 Å². The SMILES string of the molecule is COc1ccc(-n2c(C)cc(/C=C3\C(=N)N4N=C(CC(=O)N5CCOCC5)SC4=NC3=O)c2C)cc1. The number of amides is 2. The van der Waals surface area contributed by atoms with E-state index in [9.17, 15) is 9.59 Å². The van der Waals surface area contributed by atoms with Gasteiger partial charge in [0.25, 0.3) is 5.91 Å². The number of hydrogen-bond donors (Lipinski definition) is 1. The predicted octanol–water partition coefficient (Wildman–Crippen LogP) is 2.97. The average molecular weight is 507 g/mol. The summed E-state index contributed by atoms with van der Waals surface area (Å²) in [5.41, 5.74) is 3.85. The summed E-state index contributed by atoms with van der Waals surface area (Å²) in [7, 11) is 1.63. The Balaban J connectivity index is 1.38. The lowest BCUT2D eigenvalue weighted by molar-refractivity contribution is -0.133. The number of fused-ring (bicyclic) bond motifs is 1. The van der Waals surface area contributed by atoms with Crippen LogP contribution in [0.2, 0.25) is 0 Å². The van der Waals surface area contributed by atoms with Gasteiger partial charge < -0.3 is 18.9 Å². The van der Waals surface area contributed by atoms with Crippen LogP contribution in [-0.2, 0) is 14.3 Å². The molecule has 0 saturated carbocycles. The van der Waals surface area contributed by atoms with Gasteiger partial charge in [-0.25, -0.2) is 0 Å². The summed E-state index contributed by atoms with van der Waals surface area (Å²) in [6.07, 6.45) is 1.79.